The van der Waals surface area contributed by atoms with E-state index in [2.05, 4.69) is 9.82 Å². The van der Waals surface area contributed by atoms with Crippen LogP contribution in [0.5, 0.6) is 0 Å². The van der Waals surface area contributed by atoms with Crippen molar-refractivity contribution in [2.24, 2.45) is 12.8 Å². The first-order valence-electron chi connectivity index (χ1n) is 6.61. The van der Waals surface area contributed by atoms with Crippen molar-refractivity contribution in [1.82, 2.24) is 9.78 Å². The summed E-state index contributed by atoms with van der Waals surface area (Å²) >= 11 is 0. The van der Waals surface area contributed by atoms with Gasteiger partial charge in [0, 0.05) is 18.8 Å². The Morgan fingerprint density at radius 2 is 1.81 bits per heavy atom. The molecule has 0 bridgehead atoms. The predicted octanol–water partition coefficient (Wildman–Crippen LogP) is 1.86. The summed E-state index contributed by atoms with van der Waals surface area (Å²) in [5.41, 5.74) is 8.31. The number of nitrogens with one attached hydrogen (secondary N) is 1. The molecule has 2 aromatic rings. The van der Waals surface area contributed by atoms with Gasteiger partial charge < -0.3 is 5.73 Å². The second kappa shape index (κ2) is 5.50. The van der Waals surface area contributed by atoms with Crippen LogP contribution in [0.1, 0.15) is 29.9 Å². The van der Waals surface area contributed by atoms with Gasteiger partial charge in [-0.05, 0) is 38.5 Å². The fourth-order valence-electron chi connectivity index (χ4n) is 2.20. The Hall–Kier alpha value is -1.86. The highest BCUT2D eigenvalue weighted by Crippen LogP contribution is 2.22. The van der Waals surface area contributed by atoms with Crippen LogP contribution in [0.4, 0.5) is 5.69 Å². The molecular weight excluding hydrogens is 288 g/mol. The van der Waals surface area contributed by atoms with Gasteiger partial charge in [-0.2, -0.15) is 5.10 Å². The summed E-state index contributed by atoms with van der Waals surface area (Å²) in [6.07, 6.45) is 0. The molecule has 1 aromatic heterocycles. The summed E-state index contributed by atoms with van der Waals surface area (Å²) < 4.78 is 29.1. The average Bonchev–Trinajstić information content (AvgIpc) is 2.63. The summed E-state index contributed by atoms with van der Waals surface area (Å²) in [6, 6.07) is 6.95. The molecule has 7 heteroatoms. The Bertz CT molecular complexity index is 746. The number of sulfonamides is 1. The summed E-state index contributed by atoms with van der Waals surface area (Å²) in [6.45, 7) is 5.29. The molecule has 114 valence electrons. The van der Waals surface area contributed by atoms with Crippen molar-refractivity contribution in [2.75, 3.05) is 4.72 Å². The largest absolute Gasteiger partial charge is 0.324 e. The topological polar surface area (TPSA) is 90.0 Å². The van der Waals surface area contributed by atoms with E-state index in [-0.39, 0.29) is 10.9 Å². The maximum atomic E-state index is 12.5. The van der Waals surface area contributed by atoms with Gasteiger partial charge in [0.1, 0.15) is 4.90 Å². The molecule has 0 radical (unpaired) electrons. The Labute approximate surface area is 125 Å². The zero-order chi connectivity index (χ0) is 15.8. The van der Waals surface area contributed by atoms with Crippen LogP contribution in [0, 0.1) is 13.8 Å². The van der Waals surface area contributed by atoms with E-state index in [1.807, 2.05) is 19.1 Å². The highest BCUT2D eigenvalue weighted by Gasteiger charge is 2.23. The number of hydrogen-bond acceptors (Lipinski definition) is 4. The lowest BCUT2D eigenvalue weighted by Gasteiger charge is -2.10. The lowest BCUT2D eigenvalue weighted by molar-refractivity contribution is 0.599. The highest BCUT2D eigenvalue weighted by atomic mass is 32.2. The minimum absolute atomic E-state index is 0.0848. The summed E-state index contributed by atoms with van der Waals surface area (Å²) in [5.74, 6) is 0. The maximum absolute atomic E-state index is 12.5. The van der Waals surface area contributed by atoms with Crippen LogP contribution in [-0.2, 0) is 17.1 Å². The molecule has 0 fully saturated rings. The van der Waals surface area contributed by atoms with Crippen LogP contribution < -0.4 is 10.5 Å². The third-order valence-electron chi connectivity index (χ3n) is 3.40. The molecule has 0 amide bonds. The van der Waals surface area contributed by atoms with Crippen molar-refractivity contribution in [3.63, 3.8) is 0 Å². The van der Waals surface area contributed by atoms with E-state index in [1.54, 1.807) is 37.7 Å². The zero-order valence-corrected chi connectivity index (χ0v) is 13.4. The molecule has 3 N–H and O–H groups in total. The SMILES string of the molecule is Cc1nn(C)c(C)c1S(=O)(=O)Nc1ccc(C(C)N)cc1. The smallest absolute Gasteiger partial charge is 0.265 e. The molecule has 0 aliphatic heterocycles. The van der Waals surface area contributed by atoms with E-state index in [9.17, 15) is 8.42 Å². The predicted molar refractivity (Wildman–Crippen MR) is 82.5 cm³/mol. The number of benzene rings is 1. The number of nitrogens with two attached hydrogens (primary N) is 1. The first-order chi connectivity index (χ1) is 9.72. The third kappa shape index (κ3) is 3.08. The van der Waals surface area contributed by atoms with Crippen molar-refractivity contribution in [3.05, 3.63) is 41.2 Å². The molecule has 1 unspecified atom stereocenters. The molecular formula is C14H20N4O2S. The fourth-order valence-corrected chi connectivity index (χ4v) is 3.70. The van der Waals surface area contributed by atoms with Crippen LogP contribution in [0.25, 0.3) is 0 Å². The van der Waals surface area contributed by atoms with Gasteiger partial charge in [-0.25, -0.2) is 8.42 Å². The summed E-state index contributed by atoms with van der Waals surface area (Å²) in [5, 5.41) is 4.14. The minimum Gasteiger partial charge on any atom is -0.324 e. The Morgan fingerprint density at radius 1 is 1.24 bits per heavy atom. The van der Waals surface area contributed by atoms with Crippen molar-refractivity contribution < 1.29 is 8.42 Å². The normalized spacial score (nSPS) is 13.2. The van der Waals surface area contributed by atoms with E-state index in [0.717, 1.165) is 5.56 Å². The number of rotatable bonds is 4. The van der Waals surface area contributed by atoms with E-state index in [1.165, 1.54) is 0 Å². The Kier molecular flexibility index (Phi) is 4.06. The van der Waals surface area contributed by atoms with Gasteiger partial charge in [0.2, 0.25) is 0 Å². The van der Waals surface area contributed by atoms with Crippen molar-refractivity contribution in [1.29, 1.82) is 0 Å². The van der Waals surface area contributed by atoms with Gasteiger partial charge in [0.05, 0.1) is 11.4 Å². The molecule has 1 heterocycles. The molecule has 6 nitrogen and oxygen atoms in total. The molecule has 0 saturated heterocycles. The van der Waals surface area contributed by atoms with Gasteiger partial charge in [-0.3, -0.25) is 9.40 Å². The second-order valence-electron chi connectivity index (χ2n) is 5.14. The molecule has 1 atom stereocenters. The van der Waals surface area contributed by atoms with E-state index in [4.69, 9.17) is 5.73 Å². The van der Waals surface area contributed by atoms with Gasteiger partial charge in [0.15, 0.2) is 0 Å². The molecule has 1 aromatic carbocycles. The summed E-state index contributed by atoms with van der Waals surface area (Å²) in [7, 11) is -1.93. The fraction of sp³-hybridized carbons (Fsp3) is 0.357. The van der Waals surface area contributed by atoms with Crippen LogP contribution >= 0.6 is 0 Å². The number of aryl methyl sites for hydroxylation is 2. The van der Waals surface area contributed by atoms with Crippen LogP contribution in [-0.4, -0.2) is 18.2 Å². The van der Waals surface area contributed by atoms with Crippen LogP contribution in [0.2, 0.25) is 0 Å². The lowest BCUT2D eigenvalue weighted by atomic mass is 10.1. The number of aromatic nitrogens is 2. The number of nitrogens with zero attached hydrogens (tertiary/aromatic N) is 2. The maximum Gasteiger partial charge on any atom is 0.265 e. The Morgan fingerprint density at radius 3 is 2.24 bits per heavy atom. The highest BCUT2D eigenvalue weighted by molar-refractivity contribution is 7.92. The Balaban J connectivity index is 2.33. The zero-order valence-electron chi connectivity index (χ0n) is 12.6. The number of anilines is 1. The monoisotopic (exact) mass is 308 g/mol. The average molecular weight is 308 g/mol. The van der Waals surface area contributed by atoms with Gasteiger partial charge in [0.25, 0.3) is 10.0 Å². The van der Waals surface area contributed by atoms with E-state index in [0.29, 0.717) is 17.1 Å². The molecule has 0 aliphatic rings. The molecule has 0 aliphatic carbocycles. The van der Waals surface area contributed by atoms with Crippen molar-refractivity contribution in [3.8, 4) is 0 Å². The van der Waals surface area contributed by atoms with Gasteiger partial charge >= 0.3 is 0 Å². The van der Waals surface area contributed by atoms with Crippen molar-refractivity contribution >= 4 is 15.7 Å². The van der Waals surface area contributed by atoms with Gasteiger partial charge in [-0.15, -0.1) is 0 Å². The molecule has 0 spiro atoms. The van der Waals surface area contributed by atoms with Crippen molar-refractivity contribution in [2.45, 2.75) is 31.7 Å². The van der Waals surface area contributed by atoms with Crippen LogP contribution in [0.3, 0.4) is 0 Å². The molecule has 21 heavy (non-hydrogen) atoms. The minimum atomic E-state index is -3.65. The summed E-state index contributed by atoms with van der Waals surface area (Å²) in [4.78, 5) is 0.223. The van der Waals surface area contributed by atoms with Crippen LogP contribution in [0.15, 0.2) is 29.2 Å². The molecule has 2 rings (SSSR count). The van der Waals surface area contributed by atoms with E-state index >= 15 is 0 Å². The third-order valence-corrected chi connectivity index (χ3v) is 5.03. The first kappa shape index (κ1) is 15.5. The first-order valence-corrected chi connectivity index (χ1v) is 8.09. The second-order valence-corrected chi connectivity index (χ2v) is 6.76. The van der Waals surface area contributed by atoms with Gasteiger partial charge in [-0.1, -0.05) is 12.1 Å². The standard InChI is InChI=1S/C14H20N4O2S/c1-9(15)12-5-7-13(8-6-12)17-21(19,20)14-10(2)16-18(4)11(14)3/h5-9,17H,15H2,1-4H3. The molecule has 0 saturated carbocycles. The number of hydrogen-bond donors (Lipinski definition) is 2. The lowest BCUT2D eigenvalue weighted by Crippen LogP contribution is -2.15. The van der Waals surface area contributed by atoms with E-state index < -0.39 is 10.0 Å². The quantitative estimate of drug-likeness (QED) is 0.902.